The van der Waals surface area contributed by atoms with Crippen LogP contribution < -0.4 is 4.74 Å². The number of ether oxygens (including phenoxy) is 1. The van der Waals surface area contributed by atoms with E-state index in [1.54, 1.807) is 12.1 Å². The first-order chi connectivity index (χ1) is 11.7. The van der Waals surface area contributed by atoms with Gasteiger partial charge in [-0.2, -0.15) is 0 Å². The fourth-order valence-corrected chi connectivity index (χ4v) is 3.24. The lowest BCUT2D eigenvalue weighted by Crippen LogP contribution is -1.98. The van der Waals surface area contributed by atoms with E-state index in [0.29, 0.717) is 11.3 Å². The van der Waals surface area contributed by atoms with Crippen LogP contribution in [0.4, 0.5) is 0 Å². The van der Waals surface area contributed by atoms with Gasteiger partial charge in [-0.1, -0.05) is 42.5 Å². The van der Waals surface area contributed by atoms with Crippen molar-refractivity contribution < 1.29 is 14.6 Å². The maximum Gasteiger partial charge on any atom is 0.336 e. The smallest absolute Gasteiger partial charge is 0.336 e. The summed E-state index contributed by atoms with van der Waals surface area (Å²) < 4.78 is 5.83. The molecule has 0 atom stereocenters. The normalized spacial score (nSPS) is 10.3. The standard InChI is InChI=1S/C20H16O3S/c21-20(22)18-11-4-5-12-19(18)24-14-15-7-6-10-17(13-15)23-16-8-2-1-3-9-16/h1-13H,14H2,(H,21,22). The number of thioether (sulfide) groups is 1. The van der Waals surface area contributed by atoms with E-state index in [-0.39, 0.29) is 0 Å². The van der Waals surface area contributed by atoms with Gasteiger partial charge in [-0.05, 0) is 42.0 Å². The van der Waals surface area contributed by atoms with Crippen LogP contribution in [0.1, 0.15) is 15.9 Å². The summed E-state index contributed by atoms with van der Waals surface area (Å²) in [6.07, 6.45) is 0. The average Bonchev–Trinajstić information content (AvgIpc) is 2.61. The number of para-hydroxylation sites is 1. The van der Waals surface area contributed by atoms with Gasteiger partial charge in [0.15, 0.2) is 0 Å². The molecule has 0 aromatic heterocycles. The minimum atomic E-state index is -0.903. The molecule has 4 heteroatoms. The minimum absolute atomic E-state index is 0.333. The van der Waals surface area contributed by atoms with Crippen molar-refractivity contribution in [2.45, 2.75) is 10.6 Å². The van der Waals surface area contributed by atoms with Crippen LogP contribution >= 0.6 is 11.8 Å². The van der Waals surface area contributed by atoms with Crippen LogP contribution in [0.15, 0.2) is 83.8 Å². The molecule has 0 aliphatic carbocycles. The van der Waals surface area contributed by atoms with Gasteiger partial charge in [-0.25, -0.2) is 4.79 Å². The molecule has 1 N–H and O–H groups in total. The Hall–Kier alpha value is -2.72. The molecular weight excluding hydrogens is 320 g/mol. The monoisotopic (exact) mass is 336 g/mol. The molecule has 0 radical (unpaired) electrons. The van der Waals surface area contributed by atoms with Crippen LogP contribution in [0.5, 0.6) is 11.5 Å². The molecule has 0 aliphatic rings. The summed E-state index contributed by atoms with van der Waals surface area (Å²) in [4.78, 5) is 12.0. The van der Waals surface area contributed by atoms with Gasteiger partial charge < -0.3 is 9.84 Å². The summed E-state index contributed by atoms with van der Waals surface area (Å²) >= 11 is 1.51. The lowest BCUT2D eigenvalue weighted by Gasteiger charge is -2.08. The first-order valence-electron chi connectivity index (χ1n) is 7.49. The van der Waals surface area contributed by atoms with Crippen molar-refractivity contribution in [2.24, 2.45) is 0 Å². The number of carboxylic acid groups (broad SMARTS) is 1. The molecule has 0 aliphatic heterocycles. The Balaban J connectivity index is 1.70. The van der Waals surface area contributed by atoms with Crippen molar-refractivity contribution in [1.82, 2.24) is 0 Å². The van der Waals surface area contributed by atoms with Crippen LogP contribution in [-0.4, -0.2) is 11.1 Å². The Morgan fingerprint density at radius 1 is 0.875 bits per heavy atom. The van der Waals surface area contributed by atoms with E-state index in [0.717, 1.165) is 22.0 Å². The number of benzene rings is 3. The molecular formula is C20H16O3S. The number of carbonyl (C=O) groups is 1. The summed E-state index contributed by atoms with van der Waals surface area (Å²) in [6.45, 7) is 0. The SMILES string of the molecule is O=C(O)c1ccccc1SCc1cccc(Oc2ccccc2)c1. The molecule has 0 bridgehead atoms. The molecule has 24 heavy (non-hydrogen) atoms. The third-order valence-electron chi connectivity index (χ3n) is 3.39. The molecule has 3 rings (SSSR count). The van der Waals surface area contributed by atoms with Crippen LogP contribution in [0, 0.1) is 0 Å². The second-order valence-electron chi connectivity index (χ2n) is 5.15. The Morgan fingerprint density at radius 2 is 1.58 bits per heavy atom. The highest BCUT2D eigenvalue weighted by Crippen LogP contribution is 2.28. The summed E-state index contributed by atoms with van der Waals surface area (Å²) in [7, 11) is 0. The van der Waals surface area contributed by atoms with Crippen LogP contribution in [0.3, 0.4) is 0 Å². The van der Waals surface area contributed by atoms with Gasteiger partial charge in [0.05, 0.1) is 5.56 Å². The maximum atomic E-state index is 11.3. The zero-order chi connectivity index (χ0) is 16.8. The van der Waals surface area contributed by atoms with Crippen molar-refractivity contribution in [3.05, 3.63) is 90.0 Å². The number of hydrogen-bond donors (Lipinski definition) is 1. The van der Waals surface area contributed by atoms with Gasteiger partial charge in [0, 0.05) is 10.6 Å². The molecule has 0 saturated carbocycles. The Kier molecular flexibility index (Phi) is 5.18. The zero-order valence-corrected chi connectivity index (χ0v) is 13.7. The number of carboxylic acids is 1. The third-order valence-corrected chi connectivity index (χ3v) is 4.53. The van der Waals surface area contributed by atoms with Crippen molar-refractivity contribution >= 4 is 17.7 Å². The van der Waals surface area contributed by atoms with Crippen molar-refractivity contribution in [3.63, 3.8) is 0 Å². The number of hydrogen-bond acceptors (Lipinski definition) is 3. The predicted molar refractivity (Wildman–Crippen MR) is 95.9 cm³/mol. The lowest BCUT2D eigenvalue weighted by molar-refractivity contribution is 0.0693. The summed E-state index contributed by atoms with van der Waals surface area (Å²) in [5.74, 6) is 1.33. The average molecular weight is 336 g/mol. The fourth-order valence-electron chi connectivity index (χ4n) is 2.25. The Labute approximate surface area is 144 Å². The highest BCUT2D eigenvalue weighted by atomic mass is 32.2. The van der Waals surface area contributed by atoms with Crippen LogP contribution in [0.2, 0.25) is 0 Å². The van der Waals surface area contributed by atoms with Gasteiger partial charge in [0.1, 0.15) is 11.5 Å². The Morgan fingerprint density at radius 3 is 2.38 bits per heavy atom. The molecule has 3 aromatic carbocycles. The molecule has 3 aromatic rings. The van der Waals surface area contributed by atoms with Crippen molar-refractivity contribution in [1.29, 1.82) is 0 Å². The summed E-state index contributed by atoms with van der Waals surface area (Å²) in [5, 5.41) is 9.24. The molecule has 0 fully saturated rings. The van der Waals surface area contributed by atoms with Gasteiger partial charge >= 0.3 is 5.97 Å². The molecule has 120 valence electrons. The molecule has 0 amide bonds. The lowest BCUT2D eigenvalue weighted by atomic mass is 10.2. The minimum Gasteiger partial charge on any atom is -0.478 e. The first kappa shape index (κ1) is 16.1. The van der Waals surface area contributed by atoms with Gasteiger partial charge in [-0.15, -0.1) is 11.8 Å². The van der Waals surface area contributed by atoms with E-state index in [4.69, 9.17) is 4.74 Å². The van der Waals surface area contributed by atoms with Gasteiger partial charge in [0.2, 0.25) is 0 Å². The largest absolute Gasteiger partial charge is 0.478 e. The van der Waals surface area contributed by atoms with E-state index in [9.17, 15) is 9.90 Å². The van der Waals surface area contributed by atoms with E-state index >= 15 is 0 Å². The first-order valence-corrected chi connectivity index (χ1v) is 8.48. The topological polar surface area (TPSA) is 46.5 Å². The molecule has 0 unspecified atom stereocenters. The van der Waals surface area contributed by atoms with Crippen LogP contribution in [0.25, 0.3) is 0 Å². The summed E-state index contributed by atoms with van der Waals surface area (Å²) in [5.41, 5.74) is 1.41. The summed E-state index contributed by atoms with van der Waals surface area (Å²) in [6, 6.07) is 24.5. The van der Waals surface area contributed by atoms with E-state index in [1.807, 2.05) is 66.7 Å². The highest BCUT2D eigenvalue weighted by Gasteiger charge is 2.09. The fraction of sp³-hybridized carbons (Fsp3) is 0.0500. The predicted octanol–water partition coefficient (Wildman–Crippen LogP) is 5.47. The van der Waals surface area contributed by atoms with Crippen LogP contribution in [-0.2, 0) is 5.75 Å². The van der Waals surface area contributed by atoms with E-state index in [2.05, 4.69) is 0 Å². The second kappa shape index (κ2) is 7.70. The molecule has 0 saturated heterocycles. The maximum absolute atomic E-state index is 11.3. The Bertz CT molecular complexity index is 831. The third kappa shape index (κ3) is 4.18. The second-order valence-corrected chi connectivity index (χ2v) is 6.17. The number of aromatic carboxylic acids is 1. The van der Waals surface area contributed by atoms with Gasteiger partial charge in [-0.3, -0.25) is 0 Å². The quantitative estimate of drug-likeness (QED) is 0.606. The van der Waals surface area contributed by atoms with Gasteiger partial charge in [0.25, 0.3) is 0 Å². The zero-order valence-electron chi connectivity index (χ0n) is 12.9. The molecule has 0 heterocycles. The van der Waals surface area contributed by atoms with E-state index in [1.165, 1.54) is 11.8 Å². The highest BCUT2D eigenvalue weighted by molar-refractivity contribution is 7.98. The number of rotatable bonds is 6. The molecule has 0 spiro atoms. The van der Waals surface area contributed by atoms with Crippen molar-refractivity contribution in [3.8, 4) is 11.5 Å². The van der Waals surface area contributed by atoms with E-state index < -0.39 is 5.97 Å². The van der Waals surface area contributed by atoms with Crippen molar-refractivity contribution in [2.75, 3.05) is 0 Å². The molecule has 3 nitrogen and oxygen atoms in total.